The Bertz CT molecular complexity index is 1130. The maximum Gasteiger partial charge on any atom is 0.347 e. The normalized spacial score (nSPS) is 11.3. The summed E-state index contributed by atoms with van der Waals surface area (Å²) in [6, 6.07) is 7.15. The minimum atomic E-state index is -0.499. The molecule has 0 N–H and O–H groups in total. The number of hydrogen-bond donors (Lipinski definition) is 0. The lowest BCUT2D eigenvalue weighted by molar-refractivity contribution is 0.0528. The molecule has 7 heteroatoms. The predicted octanol–water partition coefficient (Wildman–Crippen LogP) is 2.17. The molecule has 0 spiro atoms. The Morgan fingerprint density at radius 3 is 2.91 bits per heavy atom. The molecule has 0 saturated carbocycles. The molecule has 114 valence electrons. The summed E-state index contributed by atoms with van der Waals surface area (Å²) in [6.07, 6.45) is 2.79. The minimum absolute atomic E-state index is 0.256. The van der Waals surface area contributed by atoms with Crippen LogP contribution in [-0.2, 0) is 4.74 Å². The number of benzene rings is 1. The molecule has 3 heterocycles. The van der Waals surface area contributed by atoms with Crippen LogP contribution in [0.15, 0.2) is 45.9 Å². The van der Waals surface area contributed by atoms with Gasteiger partial charge in [-0.15, -0.1) is 0 Å². The maximum absolute atomic E-state index is 12.1. The van der Waals surface area contributed by atoms with Crippen LogP contribution in [0, 0.1) is 0 Å². The van der Waals surface area contributed by atoms with Gasteiger partial charge in [-0.3, -0.25) is 0 Å². The number of fused-ring (bicyclic) bond motifs is 5. The van der Waals surface area contributed by atoms with E-state index in [-0.39, 0.29) is 12.2 Å². The fraction of sp³-hybridized carbons (Fsp3) is 0.125. The standard InChI is InChI=1S/C16H11N3O4/c1-2-22-15(20)11-8-18-19-13-9-5-3-4-6-12(9)23-16(21)10(13)7-17-14(11)19/h3-8H,2H2,1H3. The zero-order chi connectivity index (χ0) is 16.0. The van der Waals surface area contributed by atoms with Gasteiger partial charge in [-0.1, -0.05) is 12.1 Å². The van der Waals surface area contributed by atoms with Crippen molar-refractivity contribution in [3.63, 3.8) is 0 Å². The number of nitrogens with zero attached hydrogens (tertiary/aromatic N) is 3. The highest BCUT2D eigenvalue weighted by molar-refractivity contribution is 6.04. The second kappa shape index (κ2) is 4.91. The summed E-state index contributed by atoms with van der Waals surface area (Å²) >= 11 is 0. The molecule has 0 fully saturated rings. The predicted molar refractivity (Wildman–Crippen MR) is 82.5 cm³/mol. The van der Waals surface area contributed by atoms with Crippen LogP contribution >= 0.6 is 0 Å². The number of esters is 1. The minimum Gasteiger partial charge on any atom is -0.462 e. The number of carbonyl (C=O) groups is 1. The fourth-order valence-corrected chi connectivity index (χ4v) is 2.60. The highest BCUT2D eigenvalue weighted by Gasteiger charge is 2.19. The van der Waals surface area contributed by atoms with Crippen molar-refractivity contribution in [2.75, 3.05) is 6.61 Å². The fourth-order valence-electron chi connectivity index (χ4n) is 2.60. The molecule has 3 aromatic heterocycles. The van der Waals surface area contributed by atoms with Crippen molar-refractivity contribution in [3.05, 3.63) is 52.6 Å². The van der Waals surface area contributed by atoms with Crippen molar-refractivity contribution in [1.29, 1.82) is 0 Å². The third kappa shape index (κ3) is 1.90. The van der Waals surface area contributed by atoms with Crippen LogP contribution in [-0.4, -0.2) is 27.2 Å². The van der Waals surface area contributed by atoms with E-state index in [1.54, 1.807) is 19.1 Å². The van der Waals surface area contributed by atoms with E-state index in [0.717, 1.165) is 0 Å². The third-order valence-corrected chi connectivity index (χ3v) is 3.59. The Morgan fingerprint density at radius 1 is 1.26 bits per heavy atom. The van der Waals surface area contributed by atoms with Gasteiger partial charge < -0.3 is 9.15 Å². The average molecular weight is 309 g/mol. The Hall–Kier alpha value is -3.22. The van der Waals surface area contributed by atoms with Crippen molar-refractivity contribution in [1.82, 2.24) is 14.6 Å². The van der Waals surface area contributed by atoms with Crippen molar-refractivity contribution >= 4 is 33.5 Å². The Kier molecular flexibility index (Phi) is 2.87. The van der Waals surface area contributed by atoms with Gasteiger partial charge in [0, 0.05) is 11.6 Å². The van der Waals surface area contributed by atoms with Gasteiger partial charge in [0.25, 0.3) is 0 Å². The van der Waals surface area contributed by atoms with Gasteiger partial charge >= 0.3 is 11.6 Å². The Labute approximate surface area is 129 Å². The zero-order valence-corrected chi connectivity index (χ0v) is 12.1. The monoisotopic (exact) mass is 309 g/mol. The van der Waals surface area contributed by atoms with Crippen LogP contribution in [0.25, 0.3) is 27.5 Å². The van der Waals surface area contributed by atoms with E-state index >= 15 is 0 Å². The van der Waals surface area contributed by atoms with Crippen molar-refractivity contribution < 1.29 is 13.9 Å². The second-order valence-corrected chi connectivity index (χ2v) is 4.92. The van der Waals surface area contributed by atoms with E-state index in [4.69, 9.17) is 9.15 Å². The van der Waals surface area contributed by atoms with Crippen LogP contribution in [0.3, 0.4) is 0 Å². The summed E-state index contributed by atoms with van der Waals surface area (Å²) in [6.45, 7) is 1.99. The number of carbonyl (C=O) groups excluding carboxylic acids is 1. The molecule has 0 saturated heterocycles. The molecule has 0 amide bonds. The Morgan fingerprint density at radius 2 is 2.09 bits per heavy atom. The molecule has 1 aromatic carbocycles. The van der Waals surface area contributed by atoms with Crippen molar-refractivity contribution in [2.45, 2.75) is 6.92 Å². The molecule has 0 aliphatic heterocycles. The first-order valence-electron chi connectivity index (χ1n) is 7.06. The number of para-hydroxylation sites is 1. The molecule has 0 bridgehead atoms. The van der Waals surface area contributed by atoms with Crippen molar-refractivity contribution in [3.8, 4) is 0 Å². The number of rotatable bonds is 2. The molecule has 0 aliphatic carbocycles. The third-order valence-electron chi connectivity index (χ3n) is 3.59. The lowest BCUT2D eigenvalue weighted by Gasteiger charge is -2.04. The summed E-state index contributed by atoms with van der Waals surface area (Å²) in [5, 5.41) is 5.23. The first kappa shape index (κ1) is 13.4. The number of hydrogen-bond acceptors (Lipinski definition) is 6. The van der Waals surface area contributed by atoms with E-state index in [9.17, 15) is 9.59 Å². The van der Waals surface area contributed by atoms with E-state index in [1.807, 2.05) is 12.1 Å². The molecule has 23 heavy (non-hydrogen) atoms. The molecular formula is C16H11N3O4. The summed E-state index contributed by atoms with van der Waals surface area (Å²) in [5.41, 5.74) is 1.10. The summed E-state index contributed by atoms with van der Waals surface area (Å²) in [7, 11) is 0. The van der Waals surface area contributed by atoms with Crippen LogP contribution in [0.4, 0.5) is 0 Å². The van der Waals surface area contributed by atoms with Gasteiger partial charge in [-0.05, 0) is 19.1 Å². The molecule has 7 nitrogen and oxygen atoms in total. The summed E-state index contributed by atoms with van der Waals surface area (Å²) in [5.74, 6) is -0.498. The van der Waals surface area contributed by atoms with Gasteiger partial charge in [0.15, 0.2) is 5.65 Å². The average Bonchev–Trinajstić information content (AvgIpc) is 2.99. The van der Waals surface area contributed by atoms with E-state index in [2.05, 4.69) is 10.1 Å². The van der Waals surface area contributed by atoms with Gasteiger partial charge in [0.05, 0.1) is 18.3 Å². The molecule has 0 aliphatic rings. The SMILES string of the molecule is CCOC(=O)c1cnn2c1ncc1c(=O)oc3ccccc3c12. The second-order valence-electron chi connectivity index (χ2n) is 4.92. The smallest absolute Gasteiger partial charge is 0.347 e. The molecule has 4 rings (SSSR count). The maximum atomic E-state index is 12.1. The van der Waals surface area contributed by atoms with Gasteiger partial charge in [-0.2, -0.15) is 5.10 Å². The quantitative estimate of drug-likeness (QED) is 0.320. The van der Waals surface area contributed by atoms with Crippen molar-refractivity contribution in [2.24, 2.45) is 0 Å². The first-order chi connectivity index (χ1) is 11.2. The number of ether oxygens (including phenoxy) is 1. The Balaban J connectivity index is 2.16. The zero-order valence-electron chi connectivity index (χ0n) is 12.1. The molecule has 0 radical (unpaired) electrons. The molecule has 0 atom stereocenters. The first-order valence-corrected chi connectivity index (χ1v) is 7.06. The van der Waals surface area contributed by atoms with E-state index in [1.165, 1.54) is 16.9 Å². The highest BCUT2D eigenvalue weighted by Crippen LogP contribution is 2.23. The van der Waals surface area contributed by atoms with E-state index in [0.29, 0.717) is 27.5 Å². The van der Waals surface area contributed by atoms with Gasteiger partial charge in [0.2, 0.25) is 0 Å². The summed E-state index contributed by atoms with van der Waals surface area (Å²) in [4.78, 5) is 28.3. The summed E-state index contributed by atoms with van der Waals surface area (Å²) < 4.78 is 11.8. The number of aromatic nitrogens is 3. The lowest BCUT2D eigenvalue weighted by atomic mass is 10.2. The highest BCUT2D eigenvalue weighted by atomic mass is 16.5. The van der Waals surface area contributed by atoms with Crippen LogP contribution < -0.4 is 5.63 Å². The topological polar surface area (TPSA) is 86.7 Å². The lowest BCUT2D eigenvalue weighted by Crippen LogP contribution is -2.07. The van der Waals surface area contributed by atoms with Crippen LogP contribution in [0.2, 0.25) is 0 Å². The van der Waals surface area contributed by atoms with Crippen LogP contribution in [0.5, 0.6) is 0 Å². The van der Waals surface area contributed by atoms with E-state index < -0.39 is 11.6 Å². The molecule has 4 aromatic rings. The largest absolute Gasteiger partial charge is 0.462 e. The molecule has 0 unspecified atom stereocenters. The van der Waals surface area contributed by atoms with Gasteiger partial charge in [-0.25, -0.2) is 19.1 Å². The van der Waals surface area contributed by atoms with Crippen LogP contribution in [0.1, 0.15) is 17.3 Å². The molecular weight excluding hydrogens is 298 g/mol. The van der Waals surface area contributed by atoms with Gasteiger partial charge in [0.1, 0.15) is 16.5 Å².